The first-order valence-electron chi connectivity index (χ1n) is 4.22. The van der Waals surface area contributed by atoms with Gasteiger partial charge in [-0.3, -0.25) is 4.98 Å². The van der Waals surface area contributed by atoms with Gasteiger partial charge < -0.3 is 4.84 Å². The maximum atomic E-state index is 10.5. The largest absolute Gasteiger partial charge is 0.331 e. The number of pyridine rings is 1. The minimum Gasteiger partial charge on any atom is -0.318 e. The van der Waals surface area contributed by atoms with Crippen LogP contribution in [0.3, 0.4) is 0 Å². The highest BCUT2D eigenvalue weighted by atomic mass is 16.7. The quantitative estimate of drug-likeness (QED) is 0.411. The molecule has 0 unspecified atom stereocenters. The van der Waals surface area contributed by atoms with Crippen LogP contribution < -0.4 is 0 Å². The lowest BCUT2D eigenvalue weighted by molar-refractivity contribution is -0.140. The molecule has 5 nitrogen and oxygen atoms in total. The molecule has 0 aliphatic carbocycles. The summed E-state index contributed by atoms with van der Waals surface area (Å²) in [6.45, 7) is 2.91. The van der Waals surface area contributed by atoms with E-state index in [0.29, 0.717) is 16.8 Å². The average molecular weight is 203 g/mol. The number of nitriles is 1. The monoisotopic (exact) mass is 203 g/mol. The summed E-state index contributed by atoms with van der Waals surface area (Å²) in [5.41, 5.74) is 1.46. The van der Waals surface area contributed by atoms with E-state index in [4.69, 9.17) is 5.26 Å². The van der Waals surface area contributed by atoms with E-state index in [0.717, 1.165) is 0 Å². The summed E-state index contributed by atoms with van der Waals surface area (Å²) in [6.07, 6.45) is 2.98. The highest BCUT2D eigenvalue weighted by molar-refractivity contribution is 6.00. The fraction of sp³-hybridized carbons (Fsp3) is 0.200. The average Bonchev–Trinajstić information content (AvgIpc) is 2.25. The van der Waals surface area contributed by atoms with Gasteiger partial charge in [0.2, 0.25) is 0 Å². The Kier molecular flexibility index (Phi) is 3.52. The van der Waals surface area contributed by atoms with E-state index in [1.807, 2.05) is 6.07 Å². The minimum atomic E-state index is -0.498. The zero-order valence-corrected chi connectivity index (χ0v) is 8.39. The van der Waals surface area contributed by atoms with Crippen molar-refractivity contribution < 1.29 is 9.63 Å². The molecule has 0 spiro atoms. The molecule has 0 amide bonds. The first-order valence-corrected chi connectivity index (χ1v) is 4.22. The lowest BCUT2D eigenvalue weighted by Crippen LogP contribution is -2.02. The SMILES string of the molecule is CC(=O)O/N=C(\C)c1ccncc1C#N. The summed E-state index contributed by atoms with van der Waals surface area (Å²) in [5.74, 6) is -0.498. The minimum absolute atomic E-state index is 0.394. The number of hydrogen-bond acceptors (Lipinski definition) is 5. The maximum absolute atomic E-state index is 10.5. The first-order chi connectivity index (χ1) is 7.15. The van der Waals surface area contributed by atoms with Gasteiger partial charge >= 0.3 is 5.97 Å². The van der Waals surface area contributed by atoms with Crippen LogP contribution in [0.1, 0.15) is 25.0 Å². The van der Waals surface area contributed by atoms with Crippen molar-refractivity contribution in [2.75, 3.05) is 0 Å². The second-order valence-corrected chi connectivity index (χ2v) is 2.79. The summed E-state index contributed by atoms with van der Waals surface area (Å²) in [6, 6.07) is 3.62. The molecule has 15 heavy (non-hydrogen) atoms. The van der Waals surface area contributed by atoms with Crippen molar-refractivity contribution in [3.63, 3.8) is 0 Å². The van der Waals surface area contributed by atoms with Crippen LogP contribution >= 0.6 is 0 Å². The van der Waals surface area contributed by atoms with E-state index < -0.39 is 5.97 Å². The smallest absolute Gasteiger partial charge is 0.318 e. The van der Waals surface area contributed by atoms with E-state index in [1.165, 1.54) is 13.1 Å². The number of rotatable bonds is 2. The number of hydrogen-bond donors (Lipinski definition) is 0. The summed E-state index contributed by atoms with van der Waals surface area (Å²) in [4.78, 5) is 18.8. The molecule has 0 saturated heterocycles. The highest BCUT2D eigenvalue weighted by Gasteiger charge is 2.05. The van der Waals surface area contributed by atoms with Crippen molar-refractivity contribution in [2.45, 2.75) is 13.8 Å². The molecule has 0 radical (unpaired) electrons. The molecule has 0 fully saturated rings. The van der Waals surface area contributed by atoms with Crippen molar-refractivity contribution in [1.82, 2.24) is 4.98 Å². The van der Waals surface area contributed by atoms with Crippen LogP contribution in [0.2, 0.25) is 0 Å². The molecular formula is C10H9N3O2. The number of nitrogens with zero attached hydrogens (tertiary/aromatic N) is 3. The van der Waals surface area contributed by atoms with Crippen molar-refractivity contribution in [2.24, 2.45) is 5.16 Å². The third-order valence-electron chi connectivity index (χ3n) is 1.64. The lowest BCUT2D eigenvalue weighted by atomic mass is 10.1. The molecule has 1 aromatic heterocycles. The normalized spacial score (nSPS) is 10.6. The molecule has 1 rings (SSSR count). The van der Waals surface area contributed by atoms with Crippen LogP contribution in [0, 0.1) is 11.3 Å². The topological polar surface area (TPSA) is 75.3 Å². The Balaban J connectivity index is 3.01. The van der Waals surface area contributed by atoms with Crippen LogP contribution in [0.4, 0.5) is 0 Å². The van der Waals surface area contributed by atoms with Gasteiger partial charge in [-0.1, -0.05) is 5.16 Å². The van der Waals surface area contributed by atoms with E-state index in [1.54, 1.807) is 19.2 Å². The second kappa shape index (κ2) is 4.86. The van der Waals surface area contributed by atoms with Gasteiger partial charge in [-0.05, 0) is 13.0 Å². The van der Waals surface area contributed by atoms with Crippen LogP contribution in [0.5, 0.6) is 0 Å². The molecule has 1 heterocycles. The molecule has 1 aromatic rings. The van der Waals surface area contributed by atoms with Gasteiger partial charge in [0.1, 0.15) is 6.07 Å². The van der Waals surface area contributed by atoms with Gasteiger partial charge in [0.15, 0.2) is 0 Å². The van der Waals surface area contributed by atoms with E-state index in [9.17, 15) is 4.79 Å². The summed E-state index contributed by atoms with van der Waals surface area (Å²) >= 11 is 0. The predicted molar refractivity (Wildman–Crippen MR) is 52.9 cm³/mol. The molecular weight excluding hydrogens is 194 g/mol. The third-order valence-corrected chi connectivity index (χ3v) is 1.64. The standard InChI is InChI=1S/C10H9N3O2/c1-7(13-15-8(2)14)10-3-4-12-6-9(10)5-11/h3-4,6H,1-2H3/b13-7+. The number of carbonyl (C=O) groups is 1. The van der Waals surface area contributed by atoms with E-state index in [-0.39, 0.29) is 0 Å². The van der Waals surface area contributed by atoms with Gasteiger partial charge in [-0.25, -0.2) is 4.79 Å². The zero-order valence-electron chi connectivity index (χ0n) is 8.39. The van der Waals surface area contributed by atoms with Gasteiger partial charge in [0.05, 0.1) is 11.3 Å². The highest BCUT2D eigenvalue weighted by Crippen LogP contribution is 2.07. The molecule has 0 atom stereocenters. The van der Waals surface area contributed by atoms with Crippen LogP contribution in [-0.4, -0.2) is 16.7 Å². The molecule has 0 aliphatic rings. The molecule has 0 aliphatic heterocycles. The summed E-state index contributed by atoms with van der Waals surface area (Å²) in [7, 11) is 0. The molecule has 0 aromatic carbocycles. The Morgan fingerprint density at radius 3 is 2.93 bits per heavy atom. The lowest BCUT2D eigenvalue weighted by Gasteiger charge is -2.00. The molecule has 0 bridgehead atoms. The van der Waals surface area contributed by atoms with Gasteiger partial charge in [-0.2, -0.15) is 5.26 Å². The Morgan fingerprint density at radius 1 is 1.60 bits per heavy atom. The van der Waals surface area contributed by atoms with Crippen molar-refractivity contribution in [1.29, 1.82) is 5.26 Å². The van der Waals surface area contributed by atoms with E-state index >= 15 is 0 Å². The van der Waals surface area contributed by atoms with Crippen LogP contribution in [0.15, 0.2) is 23.6 Å². The Morgan fingerprint density at radius 2 is 2.33 bits per heavy atom. The van der Waals surface area contributed by atoms with Crippen molar-refractivity contribution in [3.05, 3.63) is 29.6 Å². The number of aromatic nitrogens is 1. The predicted octanol–water partition coefficient (Wildman–Crippen LogP) is 1.24. The van der Waals surface area contributed by atoms with E-state index in [2.05, 4.69) is 15.0 Å². The number of carbonyl (C=O) groups excluding carboxylic acids is 1. The second-order valence-electron chi connectivity index (χ2n) is 2.79. The molecule has 5 heteroatoms. The van der Waals surface area contributed by atoms with Gasteiger partial charge in [0, 0.05) is 24.9 Å². The van der Waals surface area contributed by atoms with Crippen molar-refractivity contribution in [3.8, 4) is 6.07 Å². The zero-order chi connectivity index (χ0) is 11.3. The van der Waals surface area contributed by atoms with Crippen molar-refractivity contribution >= 4 is 11.7 Å². The molecule has 0 N–H and O–H groups in total. The fourth-order valence-electron chi connectivity index (χ4n) is 0.981. The first kappa shape index (κ1) is 10.9. The number of oxime groups is 1. The maximum Gasteiger partial charge on any atom is 0.331 e. The van der Waals surface area contributed by atoms with Gasteiger partial charge in [0.25, 0.3) is 0 Å². The Bertz CT molecular complexity index is 446. The third kappa shape index (κ3) is 2.88. The van der Waals surface area contributed by atoms with Crippen LogP contribution in [0.25, 0.3) is 0 Å². The summed E-state index contributed by atoms with van der Waals surface area (Å²) < 4.78 is 0. The summed E-state index contributed by atoms with van der Waals surface area (Å²) in [5, 5.41) is 12.4. The molecule has 0 saturated carbocycles. The van der Waals surface area contributed by atoms with Crippen LogP contribution in [-0.2, 0) is 9.63 Å². The fourth-order valence-corrected chi connectivity index (χ4v) is 0.981. The Hall–Kier alpha value is -2.22. The molecule has 76 valence electrons. The Labute approximate surface area is 87.0 Å². The van der Waals surface area contributed by atoms with Gasteiger partial charge in [-0.15, -0.1) is 0 Å².